The van der Waals surface area contributed by atoms with Crippen molar-refractivity contribution in [3.63, 3.8) is 0 Å². The zero-order valence-electron chi connectivity index (χ0n) is 13.2. The van der Waals surface area contributed by atoms with Crippen molar-refractivity contribution in [2.45, 2.75) is 6.61 Å². The molecule has 2 amide bonds. The summed E-state index contributed by atoms with van der Waals surface area (Å²) in [5.74, 6) is -0.420. The number of hydrogen-bond acceptors (Lipinski definition) is 4. The highest BCUT2D eigenvalue weighted by Crippen LogP contribution is 2.28. The van der Waals surface area contributed by atoms with E-state index in [2.05, 4.69) is 26.6 Å². The summed E-state index contributed by atoms with van der Waals surface area (Å²) in [6.45, 7) is 0.387. The molecule has 1 aliphatic rings. The molecule has 132 valence electrons. The van der Waals surface area contributed by atoms with Crippen molar-refractivity contribution in [2.24, 2.45) is 0 Å². The molecule has 2 aromatic rings. The standard InChI is InChI=1S/C18H12BrClN2O3S/c19-14-8-11(7-13-16(23)21-18(26)22-17(13)24)3-6-15(14)25-9-10-1-4-12(20)5-2-10/h1-8H,9H2,(H2,21,22,23,24,26). The third-order valence-electron chi connectivity index (χ3n) is 3.52. The van der Waals surface area contributed by atoms with Gasteiger partial charge in [-0.05, 0) is 69.6 Å². The van der Waals surface area contributed by atoms with Crippen LogP contribution in [-0.2, 0) is 16.2 Å². The number of amides is 2. The van der Waals surface area contributed by atoms with Gasteiger partial charge in [0.1, 0.15) is 17.9 Å². The topological polar surface area (TPSA) is 67.4 Å². The Labute approximate surface area is 168 Å². The van der Waals surface area contributed by atoms with E-state index < -0.39 is 11.8 Å². The molecule has 1 saturated heterocycles. The molecule has 0 unspecified atom stereocenters. The molecule has 0 aliphatic carbocycles. The maximum atomic E-state index is 11.9. The van der Waals surface area contributed by atoms with Gasteiger partial charge in [-0.25, -0.2) is 0 Å². The number of carbonyl (C=O) groups is 2. The monoisotopic (exact) mass is 450 g/mol. The number of nitrogens with one attached hydrogen (secondary N) is 2. The van der Waals surface area contributed by atoms with Crippen LogP contribution in [0.5, 0.6) is 5.75 Å². The van der Waals surface area contributed by atoms with Gasteiger partial charge in [0.25, 0.3) is 11.8 Å². The molecule has 0 aromatic heterocycles. The summed E-state index contributed by atoms with van der Waals surface area (Å²) < 4.78 is 6.48. The van der Waals surface area contributed by atoms with Crippen LogP contribution in [0.25, 0.3) is 6.08 Å². The predicted octanol–water partition coefficient (Wildman–Crippen LogP) is 3.60. The number of carbonyl (C=O) groups excluding carboxylic acids is 2. The van der Waals surface area contributed by atoms with Crippen molar-refractivity contribution >= 4 is 62.8 Å². The highest BCUT2D eigenvalue weighted by molar-refractivity contribution is 9.10. The van der Waals surface area contributed by atoms with Gasteiger partial charge >= 0.3 is 0 Å². The van der Waals surface area contributed by atoms with Crippen LogP contribution in [-0.4, -0.2) is 16.9 Å². The summed E-state index contributed by atoms with van der Waals surface area (Å²) in [4.78, 5) is 23.8. The van der Waals surface area contributed by atoms with Crippen molar-refractivity contribution < 1.29 is 14.3 Å². The minimum atomic E-state index is -0.530. The Morgan fingerprint density at radius 3 is 2.35 bits per heavy atom. The maximum absolute atomic E-state index is 11.9. The number of halogens is 2. The molecule has 0 atom stereocenters. The van der Waals surface area contributed by atoms with E-state index in [0.29, 0.717) is 27.4 Å². The second-order valence-electron chi connectivity index (χ2n) is 5.40. The predicted molar refractivity (Wildman–Crippen MR) is 107 cm³/mol. The van der Waals surface area contributed by atoms with E-state index in [1.807, 2.05) is 12.1 Å². The Hall–Kier alpha value is -2.22. The lowest BCUT2D eigenvalue weighted by Crippen LogP contribution is -2.51. The zero-order chi connectivity index (χ0) is 18.7. The summed E-state index contributed by atoms with van der Waals surface area (Å²) in [5, 5.41) is 5.46. The van der Waals surface area contributed by atoms with Crippen LogP contribution in [0.1, 0.15) is 11.1 Å². The smallest absolute Gasteiger partial charge is 0.263 e. The fourth-order valence-corrected chi connectivity index (χ4v) is 3.06. The third-order valence-corrected chi connectivity index (χ3v) is 4.59. The molecule has 1 fully saturated rings. The molecule has 0 radical (unpaired) electrons. The van der Waals surface area contributed by atoms with Crippen molar-refractivity contribution in [3.05, 3.63) is 68.7 Å². The van der Waals surface area contributed by atoms with Gasteiger partial charge in [0.2, 0.25) is 0 Å². The van der Waals surface area contributed by atoms with Gasteiger partial charge < -0.3 is 4.74 Å². The van der Waals surface area contributed by atoms with E-state index in [4.69, 9.17) is 28.6 Å². The van der Waals surface area contributed by atoms with Gasteiger partial charge in [0.05, 0.1) is 4.47 Å². The highest BCUT2D eigenvalue weighted by atomic mass is 79.9. The largest absolute Gasteiger partial charge is 0.488 e. The minimum Gasteiger partial charge on any atom is -0.488 e. The number of thiocarbonyl (C=S) groups is 1. The number of benzene rings is 2. The first-order chi connectivity index (χ1) is 12.4. The van der Waals surface area contributed by atoms with Crippen LogP contribution in [0, 0.1) is 0 Å². The van der Waals surface area contributed by atoms with E-state index in [-0.39, 0.29) is 10.7 Å². The average molecular weight is 452 g/mol. The molecule has 2 aromatic carbocycles. The first-order valence-electron chi connectivity index (χ1n) is 7.47. The van der Waals surface area contributed by atoms with Crippen molar-refractivity contribution in [1.29, 1.82) is 0 Å². The fourth-order valence-electron chi connectivity index (χ4n) is 2.24. The summed E-state index contributed by atoms with van der Waals surface area (Å²) in [7, 11) is 0. The Bertz CT molecular complexity index is 907. The van der Waals surface area contributed by atoms with Crippen molar-refractivity contribution in [2.75, 3.05) is 0 Å². The lowest BCUT2D eigenvalue weighted by atomic mass is 10.1. The molecular weight excluding hydrogens is 440 g/mol. The van der Waals surface area contributed by atoms with Crippen molar-refractivity contribution in [3.8, 4) is 5.75 Å². The summed E-state index contributed by atoms with van der Waals surface area (Å²) in [6.07, 6.45) is 1.49. The third kappa shape index (κ3) is 4.49. The van der Waals surface area contributed by atoms with E-state index in [0.717, 1.165) is 5.56 Å². The van der Waals surface area contributed by atoms with E-state index in [9.17, 15) is 9.59 Å². The molecule has 0 saturated carbocycles. The second kappa shape index (κ2) is 7.99. The second-order valence-corrected chi connectivity index (χ2v) is 7.10. The number of hydrogen-bond donors (Lipinski definition) is 2. The van der Waals surface area contributed by atoms with E-state index >= 15 is 0 Å². The van der Waals surface area contributed by atoms with Gasteiger partial charge in [-0.3, -0.25) is 20.2 Å². The van der Waals surface area contributed by atoms with Gasteiger partial charge in [-0.1, -0.05) is 29.8 Å². The van der Waals surface area contributed by atoms with Crippen LogP contribution < -0.4 is 15.4 Å². The van der Waals surface area contributed by atoms with Gasteiger partial charge in [0, 0.05) is 5.02 Å². The Kier molecular flexibility index (Phi) is 5.70. The van der Waals surface area contributed by atoms with Crippen molar-refractivity contribution in [1.82, 2.24) is 10.6 Å². The molecule has 0 spiro atoms. The molecule has 5 nitrogen and oxygen atoms in total. The fraction of sp³-hybridized carbons (Fsp3) is 0.0556. The first kappa shape index (κ1) is 18.6. The summed E-state index contributed by atoms with van der Waals surface area (Å²) >= 11 is 14.1. The molecule has 1 heterocycles. The van der Waals surface area contributed by atoms with Crippen LogP contribution in [0.4, 0.5) is 0 Å². The highest BCUT2D eigenvalue weighted by Gasteiger charge is 2.25. The Morgan fingerprint density at radius 2 is 1.73 bits per heavy atom. The Morgan fingerprint density at radius 1 is 1.08 bits per heavy atom. The van der Waals surface area contributed by atoms with Gasteiger partial charge in [-0.15, -0.1) is 0 Å². The van der Waals surface area contributed by atoms with Crippen LogP contribution >= 0.6 is 39.7 Å². The Balaban J connectivity index is 1.74. The first-order valence-corrected chi connectivity index (χ1v) is 9.05. The molecule has 2 N–H and O–H groups in total. The van der Waals surface area contributed by atoms with Gasteiger partial charge in [0.15, 0.2) is 5.11 Å². The number of ether oxygens (including phenoxy) is 1. The van der Waals surface area contributed by atoms with E-state index in [1.165, 1.54) is 6.08 Å². The average Bonchev–Trinajstić information content (AvgIpc) is 2.59. The minimum absolute atomic E-state index is 0.00396. The lowest BCUT2D eigenvalue weighted by Gasteiger charge is -2.16. The number of rotatable bonds is 4. The molecule has 1 aliphatic heterocycles. The SMILES string of the molecule is O=C1NC(=S)NC(=O)C1=Cc1ccc(OCc2ccc(Cl)cc2)c(Br)c1. The maximum Gasteiger partial charge on any atom is 0.263 e. The quantitative estimate of drug-likeness (QED) is 0.423. The zero-order valence-corrected chi connectivity index (χ0v) is 16.4. The summed E-state index contributed by atoms with van der Waals surface area (Å²) in [6, 6.07) is 12.7. The van der Waals surface area contributed by atoms with Crippen LogP contribution in [0.3, 0.4) is 0 Å². The molecule has 26 heavy (non-hydrogen) atoms. The summed E-state index contributed by atoms with van der Waals surface area (Å²) in [5.41, 5.74) is 1.64. The van der Waals surface area contributed by atoms with Crippen LogP contribution in [0.15, 0.2) is 52.5 Å². The normalized spacial score (nSPS) is 13.9. The molecule has 0 bridgehead atoms. The molecule has 3 rings (SSSR count). The lowest BCUT2D eigenvalue weighted by molar-refractivity contribution is -0.123. The molecule has 8 heteroatoms. The molecular formula is C18H12BrClN2O3S. The van der Waals surface area contributed by atoms with Crippen LogP contribution in [0.2, 0.25) is 5.02 Å². The van der Waals surface area contributed by atoms with Gasteiger partial charge in [-0.2, -0.15) is 0 Å². The van der Waals surface area contributed by atoms with E-state index in [1.54, 1.807) is 30.3 Å².